The second kappa shape index (κ2) is 7.33. The number of aliphatic hydroxyl groups is 1. The van der Waals surface area contributed by atoms with Gasteiger partial charge in [0.05, 0.1) is 17.8 Å². The van der Waals surface area contributed by atoms with Gasteiger partial charge in [-0.15, -0.1) is 0 Å². The van der Waals surface area contributed by atoms with Crippen LogP contribution in [0.4, 0.5) is 8.78 Å². The molecule has 24 heavy (non-hydrogen) atoms. The maximum Gasteiger partial charge on any atom is 0.135 e. The molecule has 1 saturated heterocycles. The van der Waals surface area contributed by atoms with Gasteiger partial charge >= 0.3 is 0 Å². The van der Waals surface area contributed by atoms with E-state index in [-0.39, 0.29) is 23.5 Å². The highest BCUT2D eigenvalue weighted by Crippen LogP contribution is 2.38. The van der Waals surface area contributed by atoms with Crippen molar-refractivity contribution in [3.63, 3.8) is 0 Å². The summed E-state index contributed by atoms with van der Waals surface area (Å²) in [6.07, 6.45) is 0.587. The molecule has 0 aliphatic carbocycles. The molecule has 0 spiro atoms. The molecule has 0 saturated carbocycles. The van der Waals surface area contributed by atoms with Gasteiger partial charge in [0, 0.05) is 37.9 Å². The second-order valence-corrected chi connectivity index (χ2v) is 7.29. The molecule has 0 bridgehead atoms. The van der Waals surface area contributed by atoms with E-state index in [4.69, 9.17) is 9.47 Å². The van der Waals surface area contributed by atoms with Gasteiger partial charge in [-0.25, -0.2) is 8.78 Å². The Morgan fingerprint density at radius 1 is 1.12 bits per heavy atom. The highest BCUT2D eigenvalue weighted by atomic mass is 19.1. The van der Waals surface area contributed by atoms with Crippen molar-refractivity contribution in [3.05, 3.63) is 29.3 Å². The van der Waals surface area contributed by atoms with E-state index in [2.05, 4.69) is 25.7 Å². The third-order valence-electron chi connectivity index (χ3n) is 4.58. The number of benzene rings is 1. The average molecular weight is 343 g/mol. The molecule has 1 aromatic carbocycles. The topological polar surface area (TPSA) is 41.9 Å². The Morgan fingerprint density at radius 2 is 1.67 bits per heavy atom. The molecule has 0 radical (unpaired) electrons. The third-order valence-corrected chi connectivity index (χ3v) is 4.58. The summed E-state index contributed by atoms with van der Waals surface area (Å²) in [7, 11) is 1.52. The summed E-state index contributed by atoms with van der Waals surface area (Å²) in [5.74, 6) is -1.44. The zero-order valence-electron chi connectivity index (χ0n) is 14.9. The Kier molecular flexibility index (Phi) is 5.83. The van der Waals surface area contributed by atoms with Gasteiger partial charge in [0.15, 0.2) is 0 Å². The van der Waals surface area contributed by atoms with Crippen molar-refractivity contribution in [2.45, 2.75) is 44.8 Å². The van der Waals surface area contributed by atoms with Gasteiger partial charge in [0.25, 0.3) is 0 Å². The van der Waals surface area contributed by atoms with Crippen LogP contribution >= 0.6 is 0 Å². The van der Waals surface area contributed by atoms with E-state index in [1.165, 1.54) is 7.11 Å². The zero-order chi connectivity index (χ0) is 18.0. The molecule has 0 aromatic heterocycles. The summed E-state index contributed by atoms with van der Waals surface area (Å²) in [4.78, 5) is 2.21. The highest BCUT2D eigenvalue weighted by Gasteiger charge is 2.40. The molecule has 0 unspecified atom stereocenters. The van der Waals surface area contributed by atoms with Gasteiger partial charge < -0.3 is 14.6 Å². The van der Waals surface area contributed by atoms with E-state index in [9.17, 15) is 13.9 Å². The molecule has 2 rings (SSSR count). The number of halogens is 2. The predicted molar refractivity (Wildman–Crippen MR) is 88.2 cm³/mol. The van der Waals surface area contributed by atoms with Gasteiger partial charge in [-0.05, 0) is 33.6 Å². The summed E-state index contributed by atoms with van der Waals surface area (Å²) in [5.41, 5.74) is -1.77. The number of hydrogen-bond donors (Lipinski definition) is 1. The Labute approximate surface area is 142 Å². The van der Waals surface area contributed by atoms with Crippen molar-refractivity contribution >= 4 is 0 Å². The molecule has 6 heteroatoms. The Morgan fingerprint density at radius 3 is 2.12 bits per heavy atom. The van der Waals surface area contributed by atoms with E-state index in [1.54, 1.807) is 0 Å². The highest BCUT2D eigenvalue weighted by molar-refractivity contribution is 5.34. The van der Waals surface area contributed by atoms with Gasteiger partial charge in [0.1, 0.15) is 24.0 Å². The maximum absolute atomic E-state index is 14.5. The molecule has 1 heterocycles. The molecular weight excluding hydrogens is 316 g/mol. The van der Waals surface area contributed by atoms with Crippen LogP contribution in [0.5, 0.6) is 5.75 Å². The SMILES string of the molecule is COCCOc1cc(F)c(C2(O)CCN(C(C)(C)C)CC2)c(F)c1. The molecule has 1 fully saturated rings. The normalized spacial score (nSPS) is 18.6. The van der Waals surface area contributed by atoms with Gasteiger partial charge in [-0.2, -0.15) is 0 Å². The monoisotopic (exact) mass is 343 g/mol. The number of rotatable bonds is 5. The van der Waals surface area contributed by atoms with Crippen LogP contribution < -0.4 is 4.74 Å². The lowest BCUT2D eigenvalue weighted by molar-refractivity contribution is -0.0504. The summed E-state index contributed by atoms with van der Waals surface area (Å²) < 4.78 is 39.0. The molecule has 1 aliphatic heterocycles. The molecule has 1 N–H and O–H groups in total. The number of likely N-dealkylation sites (tertiary alicyclic amines) is 1. The minimum absolute atomic E-state index is 0.0303. The summed E-state index contributed by atoms with van der Waals surface area (Å²) >= 11 is 0. The van der Waals surface area contributed by atoms with Crippen LogP contribution in [0.1, 0.15) is 39.2 Å². The van der Waals surface area contributed by atoms with Crippen molar-refractivity contribution in [2.75, 3.05) is 33.4 Å². The lowest BCUT2D eigenvalue weighted by Crippen LogP contribution is -2.50. The van der Waals surface area contributed by atoms with E-state index in [0.29, 0.717) is 32.5 Å². The first kappa shape index (κ1) is 19.1. The Hall–Kier alpha value is -1.24. The fourth-order valence-electron chi connectivity index (χ4n) is 3.12. The van der Waals surface area contributed by atoms with Crippen molar-refractivity contribution in [3.8, 4) is 5.75 Å². The van der Waals surface area contributed by atoms with Crippen LogP contribution in [0, 0.1) is 11.6 Å². The number of methoxy groups -OCH3 is 1. The van der Waals surface area contributed by atoms with Crippen LogP contribution in [0.15, 0.2) is 12.1 Å². The first-order chi connectivity index (χ1) is 11.2. The molecule has 0 atom stereocenters. The Bertz CT molecular complexity index is 541. The minimum Gasteiger partial charge on any atom is -0.491 e. The van der Waals surface area contributed by atoms with Crippen LogP contribution in [0.2, 0.25) is 0 Å². The first-order valence-corrected chi connectivity index (χ1v) is 8.26. The van der Waals surface area contributed by atoms with Crippen LogP contribution in [-0.4, -0.2) is 49.0 Å². The lowest BCUT2D eigenvalue weighted by atomic mass is 9.82. The van der Waals surface area contributed by atoms with Gasteiger partial charge in [-0.3, -0.25) is 4.90 Å². The van der Waals surface area contributed by atoms with E-state index < -0.39 is 17.2 Å². The first-order valence-electron chi connectivity index (χ1n) is 8.26. The molecule has 1 aromatic rings. The smallest absolute Gasteiger partial charge is 0.135 e. The number of ether oxygens (including phenoxy) is 2. The van der Waals surface area contributed by atoms with Crippen LogP contribution in [-0.2, 0) is 10.3 Å². The van der Waals surface area contributed by atoms with Crippen molar-refractivity contribution in [1.29, 1.82) is 0 Å². The standard InChI is InChI=1S/C18H27F2NO3/c1-17(2,3)21-7-5-18(22,6-8-21)16-14(19)11-13(12-15(16)20)24-10-9-23-4/h11-12,22H,5-10H2,1-4H3. The summed E-state index contributed by atoms with van der Waals surface area (Å²) in [5, 5.41) is 10.8. The number of piperidine rings is 1. The fraction of sp³-hybridized carbons (Fsp3) is 0.667. The molecule has 0 amide bonds. The summed E-state index contributed by atoms with van der Waals surface area (Å²) in [6, 6.07) is 2.25. The molecule has 4 nitrogen and oxygen atoms in total. The number of hydrogen-bond acceptors (Lipinski definition) is 4. The third kappa shape index (κ3) is 4.23. The number of nitrogens with zero attached hydrogens (tertiary/aromatic N) is 1. The lowest BCUT2D eigenvalue weighted by Gasteiger charge is -2.44. The van der Waals surface area contributed by atoms with E-state index in [0.717, 1.165) is 12.1 Å². The zero-order valence-corrected chi connectivity index (χ0v) is 14.9. The maximum atomic E-state index is 14.5. The van der Waals surface area contributed by atoms with Crippen molar-refractivity contribution in [1.82, 2.24) is 4.90 Å². The van der Waals surface area contributed by atoms with Crippen molar-refractivity contribution in [2.24, 2.45) is 0 Å². The van der Waals surface area contributed by atoms with Crippen LogP contribution in [0.3, 0.4) is 0 Å². The molecule has 136 valence electrons. The minimum atomic E-state index is -1.49. The average Bonchev–Trinajstić information content (AvgIpc) is 2.46. The molecule has 1 aliphatic rings. The fourth-order valence-corrected chi connectivity index (χ4v) is 3.12. The van der Waals surface area contributed by atoms with Gasteiger partial charge in [0.2, 0.25) is 0 Å². The quantitative estimate of drug-likeness (QED) is 0.835. The van der Waals surface area contributed by atoms with E-state index >= 15 is 0 Å². The Balaban J connectivity index is 2.17. The van der Waals surface area contributed by atoms with E-state index in [1.807, 2.05) is 0 Å². The molecular formula is C18H27F2NO3. The van der Waals surface area contributed by atoms with Crippen molar-refractivity contribution < 1.29 is 23.4 Å². The predicted octanol–water partition coefficient (Wildman–Crippen LogP) is 3.07. The second-order valence-electron chi connectivity index (χ2n) is 7.29. The summed E-state index contributed by atoms with van der Waals surface area (Å²) in [6.45, 7) is 7.98. The van der Waals surface area contributed by atoms with Gasteiger partial charge in [-0.1, -0.05) is 0 Å². The largest absolute Gasteiger partial charge is 0.491 e. The van der Waals surface area contributed by atoms with Crippen LogP contribution in [0.25, 0.3) is 0 Å².